The second-order valence-electron chi connectivity index (χ2n) is 3.97. The van der Waals surface area contributed by atoms with Crippen molar-refractivity contribution in [1.82, 2.24) is 0 Å². The molecule has 0 aliphatic rings. The summed E-state index contributed by atoms with van der Waals surface area (Å²) in [5.74, 6) is 0. The Morgan fingerprint density at radius 3 is 2.07 bits per heavy atom. The van der Waals surface area contributed by atoms with Gasteiger partial charge in [0.15, 0.2) is 0 Å². The van der Waals surface area contributed by atoms with Crippen LogP contribution in [0.4, 0.5) is 0 Å². The van der Waals surface area contributed by atoms with Gasteiger partial charge < -0.3 is 0 Å². The van der Waals surface area contributed by atoms with Gasteiger partial charge in [-0.1, -0.05) is 57.9 Å². The first-order chi connectivity index (χ1) is 6.91. The average molecular weight is 214 g/mol. The van der Waals surface area contributed by atoms with Crippen LogP contribution in [0.3, 0.4) is 0 Å². The van der Waals surface area contributed by atoms with Crippen LogP contribution in [-0.2, 0) is 0 Å². The lowest BCUT2D eigenvalue weighted by molar-refractivity contribution is 0.586. The molecule has 0 heterocycles. The SMILES string of the molecule is C=CCPCCCCCCCCCC. The third kappa shape index (κ3) is 12.2. The molecule has 0 radical (unpaired) electrons. The van der Waals surface area contributed by atoms with E-state index in [-0.39, 0.29) is 0 Å². The fourth-order valence-corrected chi connectivity index (χ4v) is 2.50. The first-order valence-corrected chi connectivity index (χ1v) is 7.64. The monoisotopic (exact) mass is 214 g/mol. The largest absolute Gasteiger partial charge is 0.118 e. The minimum absolute atomic E-state index is 1.13. The zero-order chi connectivity index (χ0) is 10.5. The lowest BCUT2D eigenvalue weighted by Crippen LogP contribution is -1.82. The summed E-state index contributed by atoms with van der Waals surface area (Å²) < 4.78 is 0. The normalized spacial score (nSPS) is 11.2. The molecular weight excluding hydrogens is 187 g/mol. The molecule has 0 N–H and O–H groups in total. The van der Waals surface area contributed by atoms with E-state index < -0.39 is 0 Å². The van der Waals surface area contributed by atoms with Gasteiger partial charge in [0, 0.05) is 0 Å². The predicted octanol–water partition coefficient (Wildman–Crippen LogP) is 4.99. The quantitative estimate of drug-likeness (QED) is 0.258. The van der Waals surface area contributed by atoms with E-state index in [1.807, 2.05) is 6.08 Å². The molecule has 1 unspecified atom stereocenters. The van der Waals surface area contributed by atoms with Crippen molar-refractivity contribution < 1.29 is 0 Å². The molecule has 14 heavy (non-hydrogen) atoms. The zero-order valence-corrected chi connectivity index (χ0v) is 10.9. The molecule has 0 amide bonds. The first-order valence-electron chi connectivity index (χ1n) is 6.23. The molecule has 0 rings (SSSR count). The van der Waals surface area contributed by atoms with E-state index in [4.69, 9.17) is 0 Å². The van der Waals surface area contributed by atoms with Crippen LogP contribution in [0.5, 0.6) is 0 Å². The van der Waals surface area contributed by atoms with Crippen LogP contribution in [-0.4, -0.2) is 12.3 Å². The molecule has 1 heteroatoms. The number of hydrogen-bond acceptors (Lipinski definition) is 0. The fourth-order valence-electron chi connectivity index (χ4n) is 1.59. The van der Waals surface area contributed by atoms with Crippen LogP contribution in [0.15, 0.2) is 12.7 Å². The second kappa shape index (κ2) is 13.2. The van der Waals surface area contributed by atoms with Crippen LogP contribution in [0, 0.1) is 0 Å². The van der Waals surface area contributed by atoms with Gasteiger partial charge in [-0.3, -0.25) is 0 Å². The Bertz CT molecular complexity index is 110. The summed E-state index contributed by atoms with van der Waals surface area (Å²) >= 11 is 0. The molecule has 1 atom stereocenters. The van der Waals surface area contributed by atoms with Crippen molar-refractivity contribution in [3.8, 4) is 0 Å². The molecule has 0 bridgehead atoms. The molecule has 0 aliphatic heterocycles. The number of allylic oxidation sites excluding steroid dienone is 1. The molecule has 0 saturated heterocycles. The molecule has 0 nitrogen and oxygen atoms in total. The lowest BCUT2D eigenvalue weighted by Gasteiger charge is -2.01. The van der Waals surface area contributed by atoms with Crippen LogP contribution in [0.2, 0.25) is 0 Å². The molecule has 0 saturated carbocycles. The van der Waals surface area contributed by atoms with E-state index in [2.05, 4.69) is 13.5 Å². The highest BCUT2D eigenvalue weighted by Gasteiger charge is 1.91. The average Bonchev–Trinajstić information content (AvgIpc) is 2.21. The van der Waals surface area contributed by atoms with Gasteiger partial charge in [0.1, 0.15) is 0 Å². The Labute approximate surface area is 92.3 Å². The van der Waals surface area contributed by atoms with Crippen molar-refractivity contribution in [2.45, 2.75) is 58.3 Å². The Kier molecular flexibility index (Phi) is 13.3. The van der Waals surface area contributed by atoms with E-state index in [0.29, 0.717) is 0 Å². The van der Waals surface area contributed by atoms with Gasteiger partial charge in [0.25, 0.3) is 0 Å². The van der Waals surface area contributed by atoms with Crippen LogP contribution in [0.1, 0.15) is 58.3 Å². The molecule has 0 aromatic carbocycles. The molecule has 84 valence electrons. The molecule has 0 fully saturated rings. The Hall–Kier alpha value is 0.170. The summed E-state index contributed by atoms with van der Waals surface area (Å²) in [6.45, 7) is 6.02. The van der Waals surface area contributed by atoms with Gasteiger partial charge in [0.2, 0.25) is 0 Å². The summed E-state index contributed by atoms with van der Waals surface area (Å²) in [4.78, 5) is 0. The van der Waals surface area contributed by atoms with Crippen molar-refractivity contribution in [2.24, 2.45) is 0 Å². The van der Waals surface area contributed by atoms with E-state index >= 15 is 0 Å². The Balaban J connectivity index is 2.81. The van der Waals surface area contributed by atoms with Crippen molar-refractivity contribution in [3.05, 3.63) is 12.7 Å². The van der Waals surface area contributed by atoms with E-state index in [1.165, 1.54) is 63.7 Å². The maximum absolute atomic E-state index is 3.74. The smallest absolute Gasteiger partial charge is 0.0175 e. The van der Waals surface area contributed by atoms with E-state index in [1.54, 1.807) is 0 Å². The number of unbranched alkanes of at least 4 members (excludes halogenated alkanes) is 7. The highest BCUT2D eigenvalue weighted by Crippen LogP contribution is 2.14. The fraction of sp³-hybridized carbons (Fsp3) is 0.846. The van der Waals surface area contributed by atoms with Gasteiger partial charge in [-0.2, -0.15) is 0 Å². The highest BCUT2D eigenvalue weighted by molar-refractivity contribution is 7.38. The van der Waals surface area contributed by atoms with Gasteiger partial charge in [0.05, 0.1) is 0 Å². The number of hydrogen-bond donors (Lipinski definition) is 0. The second-order valence-corrected chi connectivity index (χ2v) is 5.38. The van der Waals surface area contributed by atoms with Gasteiger partial charge in [-0.25, -0.2) is 0 Å². The van der Waals surface area contributed by atoms with Crippen LogP contribution in [0.25, 0.3) is 0 Å². The third-order valence-corrected chi connectivity index (χ3v) is 3.78. The minimum Gasteiger partial charge on any atom is -0.118 e. The van der Waals surface area contributed by atoms with E-state index in [9.17, 15) is 0 Å². The van der Waals surface area contributed by atoms with Crippen molar-refractivity contribution in [1.29, 1.82) is 0 Å². The molecular formula is C13H27P. The van der Waals surface area contributed by atoms with Crippen LogP contribution >= 0.6 is 8.58 Å². The van der Waals surface area contributed by atoms with Gasteiger partial charge >= 0.3 is 0 Å². The summed E-state index contributed by atoms with van der Waals surface area (Å²) in [6, 6.07) is 0. The molecule has 0 aliphatic carbocycles. The summed E-state index contributed by atoms with van der Waals surface area (Å²) in [6.07, 6.45) is 16.2. The topological polar surface area (TPSA) is 0 Å². The summed E-state index contributed by atoms with van der Waals surface area (Å²) in [7, 11) is 1.13. The molecule has 0 spiro atoms. The minimum atomic E-state index is 1.13. The Morgan fingerprint density at radius 2 is 1.50 bits per heavy atom. The Morgan fingerprint density at radius 1 is 0.929 bits per heavy atom. The third-order valence-electron chi connectivity index (χ3n) is 2.50. The van der Waals surface area contributed by atoms with Gasteiger partial charge in [-0.05, 0) is 18.7 Å². The van der Waals surface area contributed by atoms with Crippen molar-refractivity contribution in [3.63, 3.8) is 0 Å². The lowest BCUT2D eigenvalue weighted by atomic mass is 10.1. The van der Waals surface area contributed by atoms with Crippen LogP contribution < -0.4 is 0 Å². The maximum atomic E-state index is 3.74. The molecule has 0 aromatic heterocycles. The summed E-state index contributed by atoms with van der Waals surface area (Å²) in [5, 5.41) is 0. The number of rotatable bonds is 11. The maximum Gasteiger partial charge on any atom is -0.0175 e. The summed E-state index contributed by atoms with van der Waals surface area (Å²) in [5.41, 5.74) is 0. The van der Waals surface area contributed by atoms with Gasteiger partial charge in [-0.15, -0.1) is 15.2 Å². The van der Waals surface area contributed by atoms with Crippen molar-refractivity contribution >= 4 is 8.58 Å². The van der Waals surface area contributed by atoms with E-state index in [0.717, 1.165) is 8.58 Å². The standard InChI is InChI=1S/C13H27P/c1-3-5-6-7-8-9-10-11-13-14-12-4-2/h4,14H,2-3,5-13H2,1H3. The predicted molar refractivity (Wildman–Crippen MR) is 70.9 cm³/mol. The van der Waals surface area contributed by atoms with Crippen molar-refractivity contribution in [2.75, 3.05) is 12.3 Å². The first kappa shape index (κ1) is 14.2. The zero-order valence-electron chi connectivity index (χ0n) is 9.86. The molecule has 0 aromatic rings. The highest BCUT2D eigenvalue weighted by atomic mass is 31.1.